The molecule has 144 valence electrons. The average Bonchev–Trinajstić information content (AvgIpc) is 2.93. The van der Waals surface area contributed by atoms with Gasteiger partial charge < -0.3 is 10.0 Å². The first kappa shape index (κ1) is 20.4. The Bertz CT molecular complexity index is 755. The normalized spacial score (nSPS) is 25.0. The van der Waals surface area contributed by atoms with Crippen molar-refractivity contribution in [2.24, 2.45) is 4.99 Å². The Morgan fingerprint density at radius 1 is 1.00 bits per heavy atom. The lowest BCUT2D eigenvalue weighted by Gasteiger charge is -2.38. The first-order valence-electron chi connectivity index (χ1n) is 9.57. The molecule has 5 heteroatoms. The Kier molecular flexibility index (Phi) is 7.01. The Hall–Kier alpha value is -1.30. The Morgan fingerprint density at radius 3 is 2.44 bits per heavy atom. The first-order valence-corrected chi connectivity index (χ1v) is 10.5. The van der Waals surface area contributed by atoms with E-state index in [1.807, 2.05) is 12.1 Å². The van der Waals surface area contributed by atoms with Crippen molar-refractivity contribution in [3.05, 3.63) is 71.8 Å². The molecule has 1 fully saturated rings. The summed E-state index contributed by atoms with van der Waals surface area (Å²) >= 11 is 1.74. The Morgan fingerprint density at radius 2 is 1.70 bits per heavy atom. The molecule has 1 saturated heterocycles. The van der Waals surface area contributed by atoms with Gasteiger partial charge in [0.2, 0.25) is 0 Å². The number of aliphatic hydroxyl groups is 1. The molecule has 2 unspecified atom stereocenters. The summed E-state index contributed by atoms with van der Waals surface area (Å²) < 4.78 is 0. The number of aliphatic imine (C=N–C) groups is 1. The van der Waals surface area contributed by atoms with Gasteiger partial charge in [0.05, 0.1) is 5.25 Å². The zero-order valence-corrected chi connectivity index (χ0v) is 18.0. The molecule has 3 nitrogen and oxygen atoms in total. The van der Waals surface area contributed by atoms with Crippen molar-refractivity contribution >= 4 is 33.9 Å². The van der Waals surface area contributed by atoms with Gasteiger partial charge in [-0.05, 0) is 36.8 Å². The van der Waals surface area contributed by atoms with Gasteiger partial charge in [0.25, 0.3) is 0 Å². The van der Waals surface area contributed by atoms with Crippen LogP contribution in [-0.4, -0.2) is 34.0 Å². The summed E-state index contributed by atoms with van der Waals surface area (Å²) in [6.45, 7) is 1.76. The van der Waals surface area contributed by atoms with Crippen LogP contribution in [0.5, 0.6) is 0 Å². The van der Waals surface area contributed by atoms with Crippen molar-refractivity contribution in [2.45, 2.75) is 43.1 Å². The van der Waals surface area contributed by atoms with Gasteiger partial charge in [-0.2, -0.15) is 0 Å². The van der Waals surface area contributed by atoms with E-state index in [0.29, 0.717) is 6.42 Å². The van der Waals surface area contributed by atoms with Crippen LogP contribution in [0, 0.1) is 0 Å². The van der Waals surface area contributed by atoms with Crippen molar-refractivity contribution in [2.75, 3.05) is 13.1 Å². The average molecular weight is 447 g/mol. The third kappa shape index (κ3) is 4.41. The van der Waals surface area contributed by atoms with Crippen LogP contribution in [0.15, 0.2) is 65.7 Å². The summed E-state index contributed by atoms with van der Waals surface area (Å²) in [4.78, 5) is 7.01. The molecule has 0 aromatic heterocycles. The molecule has 0 bridgehead atoms. The number of nitrogens with zero attached hydrogens (tertiary/aromatic N) is 2. The van der Waals surface area contributed by atoms with E-state index in [0.717, 1.165) is 37.5 Å². The molecule has 0 saturated carbocycles. The number of hydrogen-bond acceptors (Lipinski definition) is 4. The lowest BCUT2D eigenvalue weighted by atomic mass is 9.93. The quantitative estimate of drug-likeness (QED) is 0.699. The standard InChI is InChI=1S/C22H26N2OS.BrH/c25-22(15-14-18-10-4-1-5-11-18)20(19-12-6-2-7-13-19)26-21-23-16-8-3-9-17-24(21)22;/h1-2,4-7,10-13,20,25H,3,8-9,14-17H2;1H. The van der Waals surface area contributed by atoms with E-state index in [4.69, 9.17) is 4.99 Å². The fourth-order valence-electron chi connectivity index (χ4n) is 3.92. The zero-order chi connectivity index (χ0) is 17.8. The van der Waals surface area contributed by atoms with Gasteiger partial charge in [-0.1, -0.05) is 72.4 Å². The SMILES string of the molecule is Br.OC1(CCc2ccccc2)C(c2ccccc2)SC2=NCCCCCN21. The van der Waals surface area contributed by atoms with Crippen LogP contribution in [0.25, 0.3) is 0 Å². The van der Waals surface area contributed by atoms with E-state index < -0.39 is 5.72 Å². The second-order valence-electron chi connectivity index (χ2n) is 7.15. The van der Waals surface area contributed by atoms with Gasteiger partial charge >= 0.3 is 0 Å². The molecular weight excluding hydrogens is 420 g/mol. The molecule has 4 rings (SSSR count). The van der Waals surface area contributed by atoms with Crippen molar-refractivity contribution < 1.29 is 5.11 Å². The minimum atomic E-state index is -0.891. The van der Waals surface area contributed by atoms with Crippen LogP contribution in [-0.2, 0) is 6.42 Å². The van der Waals surface area contributed by atoms with Crippen LogP contribution in [0.1, 0.15) is 42.1 Å². The second-order valence-corrected chi connectivity index (χ2v) is 8.22. The highest BCUT2D eigenvalue weighted by Gasteiger charge is 2.51. The first-order chi connectivity index (χ1) is 12.8. The maximum Gasteiger partial charge on any atom is 0.162 e. The predicted molar refractivity (Wildman–Crippen MR) is 120 cm³/mol. The van der Waals surface area contributed by atoms with E-state index in [1.165, 1.54) is 17.5 Å². The van der Waals surface area contributed by atoms with Gasteiger partial charge in [-0.25, -0.2) is 0 Å². The molecule has 1 N–H and O–H groups in total. The summed E-state index contributed by atoms with van der Waals surface area (Å²) in [6, 6.07) is 20.9. The summed E-state index contributed by atoms with van der Waals surface area (Å²) in [7, 11) is 0. The highest BCUT2D eigenvalue weighted by atomic mass is 79.9. The number of benzene rings is 2. The van der Waals surface area contributed by atoms with Gasteiger partial charge in [0, 0.05) is 19.5 Å². The summed E-state index contributed by atoms with van der Waals surface area (Å²) in [5.41, 5.74) is 1.57. The Labute approximate surface area is 176 Å². The molecule has 2 atom stereocenters. The molecule has 2 aliphatic heterocycles. The molecule has 0 amide bonds. The fraction of sp³-hybridized carbons (Fsp3) is 0.409. The lowest BCUT2D eigenvalue weighted by Crippen LogP contribution is -2.49. The largest absolute Gasteiger partial charge is 0.369 e. The third-order valence-electron chi connectivity index (χ3n) is 5.36. The molecule has 2 aromatic carbocycles. The summed E-state index contributed by atoms with van der Waals surface area (Å²) in [5, 5.41) is 12.9. The molecule has 0 spiro atoms. The summed E-state index contributed by atoms with van der Waals surface area (Å²) in [5.74, 6) is 0. The maximum atomic E-state index is 11.9. The molecule has 0 radical (unpaired) electrons. The number of halogens is 1. The zero-order valence-electron chi connectivity index (χ0n) is 15.5. The second kappa shape index (κ2) is 9.26. The van der Waals surface area contributed by atoms with Crippen molar-refractivity contribution in [3.8, 4) is 0 Å². The van der Waals surface area contributed by atoms with Gasteiger partial charge in [-0.15, -0.1) is 17.0 Å². The van der Waals surface area contributed by atoms with Gasteiger partial charge in [-0.3, -0.25) is 4.99 Å². The van der Waals surface area contributed by atoms with Crippen LogP contribution >= 0.6 is 28.7 Å². The molecule has 27 heavy (non-hydrogen) atoms. The maximum absolute atomic E-state index is 11.9. The fourth-order valence-corrected chi connectivity index (χ4v) is 5.40. The van der Waals surface area contributed by atoms with Crippen LogP contribution in [0.3, 0.4) is 0 Å². The number of rotatable bonds is 4. The van der Waals surface area contributed by atoms with Crippen LogP contribution < -0.4 is 0 Å². The third-order valence-corrected chi connectivity index (χ3v) is 6.80. The lowest BCUT2D eigenvalue weighted by molar-refractivity contribution is -0.0718. The number of fused-ring (bicyclic) bond motifs is 1. The van der Waals surface area contributed by atoms with Crippen LogP contribution in [0.4, 0.5) is 0 Å². The number of aryl methyl sites for hydroxylation is 1. The predicted octanol–water partition coefficient (Wildman–Crippen LogP) is 5.22. The smallest absolute Gasteiger partial charge is 0.162 e. The van der Waals surface area contributed by atoms with Gasteiger partial charge in [0.1, 0.15) is 0 Å². The molecular formula is C22H27BrN2OS. The topological polar surface area (TPSA) is 35.8 Å². The molecule has 2 aliphatic rings. The molecule has 2 heterocycles. The van der Waals surface area contributed by atoms with Crippen molar-refractivity contribution in [1.82, 2.24) is 4.90 Å². The molecule has 0 aliphatic carbocycles. The summed E-state index contributed by atoms with van der Waals surface area (Å²) in [6.07, 6.45) is 5.03. The minimum Gasteiger partial charge on any atom is -0.369 e. The van der Waals surface area contributed by atoms with E-state index in [9.17, 15) is 5.11 Å². The van der Waals surface area contributed by atoms with Crippen molar-refractivity contribution in [1.29, 1.82) is 0 Å². The highest BCUT2D eigenvalue weighted by molar-refractivity contribution is 8.93. The number of hydrogen-bond donors (Lipinski definition) is 1. The van der Waals surface area contributed by atoms with Crippen molar-refractivity contribution in [3.63, 3.8) is 0 Å². The molecule has 2 aromatic rings. The Balaban J connectivity index is 0.00000210. The van der Waals surface area contributed by atoms with E-state index in [-0.39, 0.29) is 22.2 Å². The van der Waals surface area contributed by atoms with E-state index in [1.54, 1.807) is 11.8 Å². The van der Waals surface area contributed by atoms with Crippen LogP contribution in [0.2, 0.25) is 0 Å². The number of thioether (sulfide) groups is 1. The van der Waals surface area contributed by atoms with E-state index >= 15 is 0 Å². The van der Waals surface area contributed by atoms with Gasteiger partial charge in [0.15, 0.2) is 10.9 Å². The monoisotopic (exact) mass is 446 g/mol. The minimum absolute atomic E-state index is 0. The number of amidine groups is 1. The van der Waals surface area contributed by atoms with E-state index in [2.05, 4.69) is 53.4 Å². The highest BCUT2D eigenvalue weighted by Crippen LogP contribution is 2.51.